The number of hydrogen-bond donors (Lipinski definition) is 2. The minimum Gasteiger partial charge on any atom is -0.494 e. The maximum Gasteiger partial charge on any atom is 0.434 e. The van der Waals surface area contributed by atoms with Crippen LogP contribution >= 0.6 is 0 Å². The average molecular weight is 554 g/mol. The van der Waals surface area contributed by atoms with Crippen LogP contribution in [-0.2, 0) is 9.47 Å². The van der Waals surface area contributed by atoms with Crippen LogP contribution in [0.4, 0.5) is 9.59 Å². The fourth-order valence-corrected chi connectivity index (χ4v) is 4.41. The molecule has 1 atom stereocenters. The number of hydrogen-bond acceptors (Lipinski definition) is 8. The van der Waals surface area contributed by atoms with Gasteiger partial charge in [-0.1, -0.05) is 23.4 Å². The molecule has 0 aliphatic carbocycles. The van der Waals surface area contributed by atoms with Gasteiger partial charge in [0.25, 0.3) is 0 Å². The molecule has 0 radical (unpaired) electrons. The smallest absolute Gasteiger partial charge is 0.434 e. The zero-order valence-corrected chi connectivity index (χ0v) is 23.2. The Kier molecular flexibility index (Phi) is 9.20. The second kappa shape index (κ2) is 12.8. The van der Waals surface area contributed by atoms with Crippen LogP contribution in [0.1, 0.15) is 58.4 Å². The van der Waals surface area contributed by atoms with Crippen LogP contribution in [0, 0.1) is 0 Å². The predicted octanol–water partition coefficient (Wildman–Crippen LogP) is 5.39. The molecule has 1 aliphatic rings. The standard InChI is InChI=1S/C28H35N5O7/c1-28(2,3)39-27(36)31-25(30-26(34)35)33-13-7-8-22(33)24-29-23(32-40-24)20-10-9-19-17-21(12-11-18(19)16-20)38-15-6-5-14-37-4/h9-12,16-17,22H,5-8,13-15H2,1-4H3,(H,34,35)(H,30,31,36)/t22-/m0/s1. The van der Waals surface area contributed by atoms with E-state index >= 15 is 0 Å². The molecule has 1 fully saturated rings. The topological polar surface area (TPSA) is 149 Å². The van der Waals surface area contributed by atoms with Crippen LogP contribution in [0.2, 0.25) is 0 Å². The Morgan fingerprint density at radius 2 is 1.90 bits per heavy atom. The van der Waals surface area contributed by atoms with Crippen LogP contribution < -0.4 is 10.1 Å². The van der Waals surface area contributed by atoms with Gasteiger partial charge in [-0.3, -0.25) is 5.32 Å². The summed E-state index contributed by atoms with van der Waals surface area (Å²) in [6.45, 7) is 6.93. The number of fused-ring (bicyclic) bond motifs is 1. The Bertz CT molecular complexity index is 1360. The largest absolute Gasteiger partial charge is 0.494 e. The highest BCUT2D eigenvalue weighted by atomic mass is 16.6. The van der Waals surface area contributed by atoms with E-state index in [1.165, 1.54) is 0 Å². The molecule has 2 heterocycles. The number of nitrogens with one attached hydrogen (secondary N) is 1. The summed E-state index contributed by atoms with van der Waals surface area (Å²) in [6.07, 6.45) is 0.946. The lowest BCUT2D eigenvalue weighted by Gasteiger charge is -2.26. The van der Waals surface area contributed by atoms with E-state index in [-0.39, 0.29) is 5.96 Å². The summed E-state index contributed by atoms with van der Waals surface area (Å²) >= 11 is 0. The fourth-order valence-electron chi connectivity index (χ4n) is 4.41. The molecule has 1 saturated heterocycles. The Hall–Kier alpha value is -4.19. The van der Waals surface area contributed by atoms with E-state index in [2.05, 4.69) is 20.4 Å². The van der Waals surface area contributed by atoms with Crippen molar-refractivity contribution in [2.45, 2.75) is 58.1 Å². The molecular weight excluding hydrogens is 518 g/mol. The van der Waals surface area contributed by atoms with Gasteiger partial charge in [0, 0.05) is 25.8 Å². The molecule has 40 heavy (non-hydrogen) atoms. The summed E-state index contributed by atoms with van der Waals surface area (Å²) < 4.78 is 21.8. The number of aliphatic imine (C=N–C) groups is 1. The third-order valence-corrected chi connectivity index (χ3v) is 6.15. The monoisotopic (exact) mass is 553 g/mol. The minimum atomic E-state index is -1.45. The SMILES string of the molecule is COCCCCOc1ccc2cc(-c3noc([C@@H]4CCCN4/C(=N\C(=O)O)NC(=O)OC(C)(C)C)n3)ccc2c1. The first kappa shape index (κ1) is 28.8. The molecule has 2 N–H and O–H groups in total. The van der Waals surface area contributed by atoms with Crippen LogP contribution in [0.3, 0.4) is 0 Å². The Morgan fingerprint density at radius 3 is 2.65 bits per heavy atom. The van der Waals surface area contributed by atoms with Crippen molar-refractivity contribution in [2.75, 3.05) is 26.9 Å². The summed E-state index contributed by atoms with van der Waals surface area (Å²) in [4.78, 5) is 33.6. The molecule has 3 aromatic rings. The number of rotatable bonds is 8. The van der Waals surface area contributed by atoms with Crippen molar-refractivity contribution < 1.29 is 33.4 Å². The summed E-state index contributed by atoms with van der Waals surface area (Å²) in [6, 6.07) is 11.3. The molecule has 12 nitrogen and oxygen atoms in total. The fraction of sp³-hybridized carbons (Fsp3) is 0.464. The Labute approximate surface area is 232 Å². The zero-order chi connectivity index (χ0) is 28.7. The van der Waals surface area contributed by atoms with Gasteiger partial charge in [-0.2, -0.15) is 4.98 Å². The molecular formula is C28H35N5O7. The quantitative estimate of drug-likeness (QED) is 0.211. The van der Waals surface area contributed by atoms with Gasteiger partial charge in [0.05, 0.1) is 6.61 Å². The van der Waals surface area contributed by atoms with E-state index in [4.69, 9.17) is 18.7 Å². The van der Waals surface area contributed by atoms with E-state index < -0.39 is 23.8 Å². The minimum absolute atomic E-state index is 0.147. The number of aromatic nitrogens is 2. The van der Waals surface area contributed by atoms with Crippen molar-refractivity contribution >= 4 is 28.9 Å². The summed E-state index contributed by atoms with van der Waals surface area (Å²) in [5.74, 6) is 1.36. The van der Waals surface area contributed by atoms with Gasteiger partial charge in [-0.15, -0.1) is 4.99 Å². The van der Waals surface area contributed by atoms with Crippen LogP contribution in [0.25, 0.3) is 22.2 Å². The molecule has 214 valence electrons. The third kappa shape index (κ3) is 7.69. The highest BCUT2D eigenvalue weighted by Crippen LogP contribution is 2.33. The number of ether oxygens (including phenoxy) is 3. The van der Waals surface area contributed by atoms with Crippen molar-refractivity contribution in [3.05, 3.63) is 42.3 Å². The summed E-state index contributed by atoms with van der Waals surface area (Å²) in [7, 11) is 1.69. The number of alkyl carbamates (subject to hydrolysis) is 1. The van der Waals surface area contributed by atoms with E-state index in [1.54, 1.807) is 32.8 Å². The molecule has 2 amide bonds. The number of nitrogens with zero attached hydrogens (tertiary/aromatic N) is 4. The lowest BCUT2D eigenvalue weighted by molar-refractivity contribution is 0.0555. The number of amides is 2. The number of carbonyl (C=O) groups is 2. The van der Waals surface area contributed by atoms with Gasteiger partial charge in [0.2, 0.25) is 17.7 Å². The molecule has 0 bridgehead atoms. The second-order valence-corrected chi connectivity index (χ2v) is 10.4. The van der Waals surface area contributed by atoms with E-state index in [0.717, 1.165) is 41.5 Å². The first-order valence-corrected chi connectivity index (χ1v) is 13.2. The number of methoxy groups -OCH3 is 1. The molecule has 2 aromatic carbocycles. The van der Waals surface area contributed by atoms with Gasteiger partial charge in [-0.05, 0) is 75.4 Å². The van der Waals surface area contributed by atoms with E-state index in [1.807, 2.05) is 36.4 Å². The van der Waals surface area contributed by atoms with Crippen LogP contribution in [0.15, 0.2) is 45.9 Å². The first-order valence-electron chi connectivity index (χ1n) is 13.2. The van der Waals surface area contributed by atoms with Crippen molar-refractivity contribution in [1.82, 2.24) is 20.4 Å². The molecule has 1 aliphatic heterocycles. The van der Waals surface area contributed by atoms with Crippen LogP contribution in [0.5, 0.6) is 5.75 Å². The number of carboxylic acid groups (broad SMARTS) is 1. The van der Waals surface area contributed by atoms with Gasteiger partial charge < -0.3 is 28.7 Å². The van der Waals surface area contributed by atoms with Gasteiger partial charge in [0.1, 0.15) is 17.4 Å². The molecule has 4 rings (SSSR count). The van der Waals surface area contributed by atoms with Gasteiger partial charge in [-0.25, -0.2) is 9.59 Å². The van der Waals surface area contributed by atoms with Crippen molar-refractivity contribution in [3.8, 4) is 17.1 Å². The van der Waals surface area contributed by atoms with E-state index in [0.29, 0.717) is 37.7 Å². The van der Waals surface area contributed by atoms with Crippen LogP contribution in [-0.4, -0.2) is 70.8 Å². The molecule has 0 saturated carbocycles. The third-order valence-electron chi connectivity index (χ3n) is 6.15. The highest BCUT2D eigenvalue weighted by molar-refractivity contribution is 5.98. The number of benzene rings is 2. The molecule has 1 aromatic heterocycles. The van der Waals surface area contributed by atoms with Crippen molar-refractivity contribution in [3.63, 3.8) is 0 Å². The Balaban J connectivity index is 1.48. The zero-order valence-electron chi connectivity index (χ0n) is 23.2. The lowest BCUT2D eigenvalue weighted by atomic mass is 10.1. The summed E-state index contributed by atoms with van der Waals surface area (Å²) in [5.41, 5.74) is 0.00882. The average Bonchev–Trinajstić information content (AvgIpc) is 3.56. The molecule has 0 spiro atoms. The first-order chi connectivity index (χ1) is 19.1. The van der Waals surface area contributed by atoms with E-state index in [9.17, 15) is 14.7 Å². The maximum absolute atomic E-state index is 12.4. The molecule has 0 unspecified atom stereocenters. The highest BCUT2D eigenvalue weighted by Gasteiger charge is 2.35. The normalized spacial score (nSPS) is 15.8. The number of likely N-dealkylation sites (tertiary alicyclic amines) is 1. The second-order valence-electron chi connectivity index (χ2n) is 10.4. The number of guanidine groups is 1. The number of unbranched alkanes of at least 4 members (excludes halogenated alkanes) is 1. The lowest BCUT2D eigenvalue weighted by Crippen LogP contribution is -2.46. The summed E-state index contributed by atoms with van der Waals surface area (Å²) in [5, 5.41) is 18.0. The van der Waals surface area contributed by atoms with Crippen molar-refractivity contribution in [1.29, 1.82) is 0 Å². The van der Waals surface area contributed by atoms with Crippen molar-refractivity contribution in [2.24, 2.45) is 4.99 Å². The predicted molar refractivity (Wildman–Crippen MR) is 147 cm³/mol. The van der Waals surface area contributed by atoms with Gasteiger partial charge >= 0.3 is 12.2 Å². The van der Waals surface area contributed by atoms with Gasteiger partial charge in [0.15, 0.2) is 0 Å². The Morgan fingerprint density at radius 1 is 1.15 bits per heavy atom. The maximum atomic E-state index is 12.4. The molecule has 12 heteroatoms. The number of carbonyl (C=O) groups excluding carboxylic acids is 1.